The van der Waals surface area contributed by atoms with E-state index in [9.17, 15) is 5.11 Å². The average Bonchev–Trinajstić information content (AvgIpc) is 2.57. The van der Waals surface area contributed by atoms with Gasteiger partial charge in [0.05, 0.1) is 19.8 Å². The fourth-order valence-corrected chi connectivity index (χ4v) is 3.07. The van der Waals surface area contributed by atoms with Gasteiger partial charge in [-0.25, -0.2) is 9.97 Å². The Balaban J connectivity index is 1.83. The molecule has 5 nitrogen and oxygen atoms in total. The van der Waals surface area contributed by atoms with Gasteiger partial charge in [-0.3, -0.25) is 0 Å². The van der Waals surface area contributed by atoms with Crippen molar-refractivity contribution < 1.29 is 9.84 Å². The number of hydrogen-bond donors (Lipinski definition) is 1. The second kappa shape index (κ2) is 6.64. The van der Waals surface area contributed by atoms with E-state index in [-0.39, 0.29) is 6.61 Å². The number of benzene rings is 1. The van der Waals surface area contributed by atoms with Crippen molar-refractivity contribution in [3.05, 3.63) is 53.5 Å². The summed E-state index contributed by atoms with van der Waals surface area (Å²) in [6.07, 6.45) is 2.28. The summed E-state index contributed by atoms with van der Waals surface area (Å²) >= 11 is 0. The molecule has 1 fully saturated rings. The lowest BCUT2D eigenvalue weighted by molar-refractivity contribution is -0.0870. The number of hydrogen-bond acceptors (Lipinski definition) is 5. The second-order valence-electron chi connectivity index (χ2n) is 6.23. The third kappa shape index (κ3) is 3.51. The topological polar surface area (TPSA) is 58.5 Å². The van der Waals surface area contributed by atoms with Crippen molar-refractivity contribution in [2.75, 3.05) is 31.2 Å². The molecule has 5 heteroatoms. The van der Waals surface area contributed by atoms with Crippen LogP contribution in [0.1, 0.15) is 16.8 Å². The molecule has 0 saturated carbocycles. The Labute approximate surface area is 137 Å². The van der Waals surface area contributed by atoms with Crippen LogP contribution in [0.5, 0.6) is 0 Å². The Morgan fingerprint density at radius 2 is 2.09 bits per heavy atom. The molecular weight excluding hydrogens is 290 g/mol. The van der Waals surface area contributed by atoms with Crippen LogP contribution in [0, 0.1) is 13.8 Å². The third-order valence-corrected chi connectivity index (χ3v) is 4.42. The molecule has 0 amide bonds. The van der Waals surface area contributed by atoms with E-state index in [1.807, 2.05) is 25.1 Å². The number of morpholine rings is 1. The molecule has 1 atom stereocenters. The molecular formula is C18H23N3O2. The zero-order valence-electron chi connectivity index (χ0n) is 13.7. The van der Waals surface area contributed by atoms with Crippen molar-refractivity contribution in [2.45, 2.75) is 25.9 Å². The molecule has 1 aliphatic rings. The maximum atomic E-state index is 10.0. The minimum atomic E-state index is -0.594. The number of aliphatic hydroxyl groups excluding tert-OH is 1. The summed E-state index contributed by atoms with van der Waals surface area (Å²) < 4.78 is 6.02. The zero-order valence-corrected chi connectivity index (χ0v) is 13.7. The highest BCUT2D eigenvalue weighted by molar-refractivity contribution is 5.40. The van der Waals surface area contributed by atoms with E-state index in [1.165, 1.54) is 11.1 Å². The summed E-state index contributed by atoms with van der Waals surface area (Å²) in [6, 6.07) is 10.2. The smallest absolute Gasteiger partial charge is 0.132 e. The first-order chi connectivity index (χ1) is 11.1. The van der Waals surface area contributed by atoms with Gasteiger partial charge in [0.15, 0.2) is 0 Å². The monoisotopic (exact) mass is 313 g/mol. The minimum absolute atomic E-state index is 0.0120. The quantitative estimate of drug-likeness (QED) is 0.934. The van der Waals surface area contributed by atoms with Gasteiger partial charge in [-0.2, -0.15) is 0 Å². The largest absolute Gasteiger partial charge is 0.393 e. The van der Waals surface area contributed by atoms with Crippen LogP contribution in [0.3, 0.4) is 0 Å². The Morgan fingerprint density at radius 1 is 1.26 bits per heavy atom. The van der Waals surface area contributed by atoms with Gasteiger partial charge in [0.1, 0.15) is 17.7 Å². The molecule has 1 aromatic heterocycles. The molecule has 1 saturated heterocycles. The molecule has 2 heterocycles. The lowest BCUT2D eigenvalue weighted by atomic mass is 9.91. The van der Waals surface area contributed by atoms with Crippen LogP contribution in [0.4, 0.5) is 5.82 Å². The maximum absolute atomic E-state index is 10.0. The average molecular weight is 313 g/mol. The molecule has 3 rings (SSSR count). The molecule has 2 aromatic rings. The Morgan fingerprint density at radius 3 is 2.83 bits per heavy atom. The molecule has 122 valence electrons. The van der Waals surface area contributed by atoms with E-state index in [2.05, 4.69) is 33.9 Å². The summed E-state index contributed by atoms with van der Waals surface area (Å²) in [5.41, 5.74) is 2.78. The van der Waals surface area contributed by atoms with E-state index >= 15 is 0 Å². The molecule has 0 spiro atoms. The van der Waals surface area contributed by atoms with Gasteiger partial charge in [-0.05, 0) is 25.0 Å². The van der Waals surface area contributed by atoms with Crippen LogP contribution in [0.2, 0.25) is 0 Å². The standard InChI is InChI=1S/C18H23N3O2/c1-14-5-3-4-6-16(14)10-18(12-22)11-21(7-8-23-18)17-9-15(2)19-13-20-17/h3-6,9,13,22H,7-8,10-12H2,1-2H3/t18-/m1/s1. The van der Waals surface area contributed by atoms with Crippen molar-refractivity contribution >= 4 is 5.82 Å². The number of ether oxygens (including phenoxy) is 1. The molecule has 0 radical (unpaired) electrons. The SMILES string of the molecule is Cc1cc(N2CCO[C@](CO)(Cc3ccccc3C)C2)ncn1. The van der Waals surface area contributed by atoms with Crippen LogP contribution in [0.15, 0.2) is 36.7 Å². The molecule has 23 heavy (non-hydrogen) atoms. The number of aryl methyl sites for hydroxylation is 2. The van der Waals surface area contributed by atoms with E-state index in [1.54, 1.807) is 6.33 Å². The zero-order chi connectivity index (χ0) is 16.3. The highest BCUT2D eigenvalue weighted by Gasteiger charge is 2.37. The van der Waals surface area contributed by atoms with E-state index < -0.39 is 5.60 Å². The van der Waals surface area contributed by atoms with Gasteiger partial charge in [0.25, 0.3) is 0 Å². The van der Waals surface area contributed by atoms with Crippen LogP contribution < -0.4 is 4.90 Å². The van der Waals surface area contributed by atoms with Crippen molar-refractivity contribution in [1.82, 2.24) is 9.97 Å². The van der Waals surface area contributed by atoms with Crippen molar-refractivity contribution in [2.24, 2.45) is 0 Å². The van der Waals surface area contributed by atoms with E-state index in [0.717, 1.165) is 18.1 Å². The van der Waals surface area contributed by atoms with Gasteiger partial charge in [0.2, 0.25) is 0 Å². The highest BCUT2D eigenvalue weighted by Crippen LogP contribution is 2.27. The predicted octanol–water partition coefficient (Wildman–Crippen LogP) is 1.90. The Hall–Kier alpha value is -1.98. The van der Waals surface area contributed by atoms with Crippen LogP contribution in [0.25, 0.3) is 0 Å². The molecule has 0 bridgehead atoms. The minimum Gasteiger partial charge on any atom is -0.393 e. The van der Waals surface area contributed by atoms with Crippen molar-refractivity contribution in [1.29, 1.82) is 0 Å². The first-order valence-corrected chi connectivity index (χ1v) is 7.95. The second-order valence-corrected chi connectivity index (χ2v) is 6.23. The first kappa shape index (κ1) is 15.9. The lowest BCUT2D eigenvalue weighted by Crippen LogP contribution is -2.55. The predicted molar refractivity (Wildman–Crippen MR) is 89.6 cm³/mol. The summed E-state index contributed by atoms with van der Waals surface area (Å²) in [7, 11) is 0. The van der Waals surface area contributed by atoms with Crippen LogP contribution in [-0.4, -0.2) is 47.0 Å². The van der Waals surface area contributed by atoms with Crippen LogP contribution >= 0.6 is 0 Å². The number of nitrogens with zero attached hydrogens (tertiary/aromatic N) is 3. The molecule has 0 unspecified atom stereocenters. The summed E-state index contributed by atoms with van der Waals surface area (Å²) in [5, 5.41) is 10.0. The lowest BCUT2D eigenvalue weighted by Gasteiger charge is -2.42. The van der Waals surface area contributed by atoms with Gasteiger partial charge < -0.3 is 14.7 Å². The fourth-order valence-electron chi connectivity index (χ4n) is 3.07. The molecule has 1 aliphatic heterocycles. The fraction of sp³-hybridized carbons (Fsp3) is 0.444. The molecule has 0 aliphatic carbocycles. The van der Waals surface area contributed by atoms with Crippen molar-refractivity contribution in [3.8, 4) is 0 Å². The van der Waals surface area contributed by atoms with Gasteiger partial charge in [0, 0.05) is 24.7 Å². The summed E-state index contributed by atoms with van der Waals surface area (Å²) in [4.78, 5) is 10.7. The number of rotatable bonds is 4. The van der Waals surface area contributed by atoms with Gasteiger partial charge in [-0.1, -0.05) is 24.3 Å². The first-order valence-electron chi connectivity index (χ1n) is 7.95. The van der Waals surface area contributed by atoms with Gasteiger partial charge >= 0.3 is 0 Å². The summed E-state index contributed by atoms with van der Waals surface area (Å²) in [5.74, 6) is 0.892. The molecule has 1 N–H and O–H groups in total. The van der Waals surface area contributed by atoms with Crippen molar-refractivity contribution in [3.63, 3.8) is 0 Å². The highest BCUT2D eigenvalue weighted by atomic mass is 16.5. The molecule has 1 aromatic carbocycles. The van der Waals surface area contributed by atoms with E-state index in [0.29, 0.717) is 19.6 Å². The maximum Gasteiger partial charge on any atom is 0.132 e. The van der Waals surface area contributed by atoms with E-state index in [4.69, 9.17) is 4.74 Å². The summed E-state index contributed by atoms with van der Waals surface area (Å²) in [6.45, 7) is 6.00. The number of anilines is 1. The number of aromatic nitrogens is 2. The van der Waals surface area contributed by atoms with Gasteiger partial charge in [-0.15, -0.1) is 0 Å². The normalized spacial score (nSPS) is 21.4. The Bertz CT molecular complexity index is 677. The van der Waals surface area contributed by atoms with Crippen LogP contribution in [-0.2, 0) is 11.2 Å². The third-order valence-electron chi connectivity index (χ3n) is 4.42. The Kier molecular flexibility index (Phi) is 4.59. The number of aliphatic hydroxyl groups is 1.